The Hall–Kier alpha value is -2.09. The first-order chi connectivity index (χ1) is 10.8. The van der Waals surface area contributed by atoms with E-state index in [1.165, 1.54) is 0 Å². The Balaban J connectivity index is 1.85. The van der Waals surface area contributed by atoms with E-state index in [1.54, 1.807) is 0 Å². The van der Waals surface area contributed by atoms with Gasteiger partial charge in [-0.2, -0.15) is 0 Å². The van der Waals surface area contributed by atoms with Gasteiger partial charge in [0.15, 0.2) is 5.69 Å². The molecule has 0 amide bonds. The predicted octanol–water partition coefficient (Wildman–Crippen LogP) is 4.20. The molecule has 3 rings (SSSR count). The number of hydrogen-bond acceptors (Lipinski definition) is 2. The maximum atomic E-state index is 7.12. The van der Waals surface area contributed by atoms with Crippen molar-refractivity contribution in [2.45, 2.75) is 38.9 Å². The van der Waals surface area contributed by atoms with Crippen LogP contribution < -0.4 is 5.46 Å². The Labute approximate surface area is 138 Å². The second-order valence-electron chi connectivity index (χ2n) is 6.87. The number of benzene rings is 2. The Bertz CT molecular complexity index is 744. The fourth-order valence-corrected chi connectivity index (χ4v) is 2.57. The Morgan fingerprint density at radius 3 is 2.04 bits per heavy atom. The van der Waals surface area contributed by atoms with Gasteiger partial charge in [-0.1, -0.05) is 42.5 Å². The van der Waals surface area contributed by atoms with Gasteiger partial charge in [0.1, 0.15) is 0 Å². The highest BCUT2D eigenvalue weighted by molar-refractivity contribution is 6.62. The van der Waals surface area contributed by atoms with Gasteiger partial charge in [-0.05, 0) is 50.4 Å². The Morgan fingerprint density at radius 2 is 1.48 bits per heavy atom. The number of nitrogens with zero attached hydrogens (tertiary/aromatic N) is 1. The minimum Gasteiger partial charge on any atom is -0.399 e. The third-order valence-electron chi connectivity index (χ3n) is 4.74. The van der Waals surface area contributed by atoms with Gasteiger partial charge in [-0.15, -0.1) is 0 Å². The zero-order valence-corrected chi connectivity index (χ0v) is 14.0. The fraction of sp³-hybridized carbons (Fsp3) is 0.316. The lowest BCUT2D eigenvalue weighted by Gasteiger charge is -2.32. The highest BCUT2D eigenvalue weighted by Crippen LogP contribution is 2.36. The third-order valence-corrected chi connectivity index (χ3v) is 4.74. The number of hydrogen-bond donors (Lipinski definition) is 0. The maximum absolute atomic E-state index is 7.12. The van der Waals surface area contributed by atoms with E-state index < -0.39 is 0 Å². The van der Waals surface area contributed by atoms with Crippen LogP contribution in [0.4, 0.5) is 5.69 Å². The predicted molar refractivity (Wildman–Crippen MR) is 93.9 cm³/mol. The first kappa shape index (κ1) is 15.8. The van der Waals surface area contributed by atoms with Crippen molar-refractivity contribution in [1.82, 2.24) is 0 Å². The summed E-state index contributed by atoms with van der Waals surface area (Å²) in [6, 6.07) is 15.8. The molecule has 2 aromatic carbocycles. The normalized spacial score (nSPS) is 18.7. The van der Waals surface area contributed by atoms with Crippen molar-refractivity contribution < 1.29 is 9.31 Å². The Morgan fingerprint density at radius 1 is 0.870 bits per heavy atom. The third kappa shape index (κ3) is 2.90. The fourth-order valence-electron chi connectivity index (χ4n) is 2.57. The molecule has 0 unspecified atom stereocenters. The first-order valence-electron chi connectivity index (χ1n) is 7.76. The van der Waals surface area contributed by atoms with Crippen LogP contribution in [0.25, 0.3) is 16.0 Å². The molecule has 3 nitrogen and oxygen atoms in total. The van der Waals surface area contributed by atoms with Crippen LogP contribution in [0.1, 0.15) is 27.7 Å². The zero-order chi connectivity index (χ0) is 16.7. The van der Waals surface area contributed by atoms with E-state index in [0.29, 0.717) is 5.69 Å². The molecule has 1 fully saturated rings. The summed E-state index contributed by atoms with van der Waals surface area (Å²) in [6.45, 7) is 15.3. The van der Waals surface area contributed by atoms with Crippen molar-refractivity contribution in [2.24, 2.45) is 0 Å². The summed E-state index contributed by atoms with van der Waals surface area (Å²) >= 11 is 0. The van der Waals surface area contributed by atoms with E-state index in [2.05, 4.69) is 32.5 Å². The molecule has 1 saturated heterocycles. The summed E-state index contributed by atoms with van der Waals surface area (Å²) in [6.07, 6.45) is 0. The molecule has 0 saturated carbocycles. The monoisotopic (exact) mass is 305 g/mol. The van der Waals surface area contributed by atoms with E-state index in [4.69, 9.17) is 15.9 Å². The van der Waals surface area contributed by atoms with Crippen molar-refractivity contribution in [3.05, 3.63) is 59.9 Å². The van der Waals surface area contributed by atoms with E-state index in [-0.39, 0.29) is 18.3 Å². The molecule has 0 aliphatic carbocycles. The molecule has 1 heterocycles. The molecular weight excluding hydrogens is 285 g/mol. The van der Waals surface area contributed by atoms with Gasteiger partial charge in [0.2, 0.25) is 0 Å². The van der Waals surface area contributed by atoms with Crippen LogP contribution in [0.15, 0.2) is 48.5 Å². The minimum absolute atomic E-state index is 0.333. The SMILES string of the molecule is [C-]#[N+]c1cccc(-c2ccc(B3OC(C)(C)C(C)(C)O3)cc2)c1. The van der Waals surface area contributed by atoms with Crippen LogP contribution in [-0.2, 0) is 9.31 Å². The smallest absolute Gasteiger partial charge is 0.399 e. The lowest BCUT2D eigenvalue weighted by molar-refractivity contribution is 0.00578. The summed E-state index contributed by atoms with van der Waals surface area (Å²) in [5, 5.41) is 0. The lowest BCUT2D eigenvalue weighted by atomic mass is 9.78. The number of rotatable bonds is 2. The van der Waals surface area contributed by atoms with Gasteiger partial charge >= 0.3 is 7.12 Å². The van der Waals surface area contributed by atoms with Crippen LogP contribution in [0.5, 0.6) is 0 Å². The molecule has 0 radical (unpaired) electrons. The molecule has 0 spiro atoms. The molecule has 116 valence electrons. The summed E-state index contributed by atoms with van der Waals surface area (Å²) in [5.74, 6) is 0. The van der Waals surface area contributed by atoms with Gasteiger partial charge < -0.3 is 9.31 Å². The highest BCUT2D eigenvalue weighted by atomic mass is 16.7. The second-order valence-corrected chi connectivity index (χ2v) is 6.87. The van der Waals surface area contributed by atoms with Crippen molar-refractivity contribution in [3.8, 4) is 11.1 Å². The van der Waals surface area contributed by atoms with Gasteiger partial charge in [0.05, 0.1) is 17.8 Å². The minimum atomic E-state index is -0.344. The van der Waals surface area contributed by atoms with Crippen LogP contribution in [0, 0.1) is 6.57 Å². The van der Waals surface area contributed by atoms with Crippen molar-refractivity contribution >= 4 is 18.3 Å². The van der Waals surface area contributed by atoms with E-state index >= 15 is 0 Å². The van der Waals surface area contributed by atoms with Crippen molar-refractivity contribution in [1.29, 1.82) is 0 Å². The molecule has 2 aromatic rings. The van der Waals surface area contributed by atoms with Crippen LogP contribution >= 0.6 is 0 Å². The average Bonchev–Trinajstić information content (AvgIpc) is 2.76. The largest absolute Gasteiger partial charge is 0.494 e. The summed E-state index contributed by atoms with van der Waals surface area (Å²) in [5.41, 5.74) is 3.11. The summed E-state index contributed by atoms with van der Waals surface area (Å²) in [7, 11) is -0.344. The molecule has 0 bridgehead atoms. The molecule has 4 heteroatoms. The Kier molecular flexibility index (Phi) is 3.79. The molecule has 0 atom stereocenters. The first-order valence-corrected chi connectivity index (χ1v) is 7.76. The maximum Gasteiger partial charge on any atom is 0.494 e. The van der Waals surface area contributed by atoms with Crippen molar-refractivity contribution in [3.63, 3.8) is 0 Å². The van der Waals surface area contributed by atoms with E-state index in [0.717, 1.165) is 16.6 Å². The van der Waals surface area contributed by atoms with Gasteiger partial charge in [0, 0.05) is 0 Å². The zero-order valence-electron chi connectivity index (χ0n) is 14.0. The molecule has 1 aliphatic rings. The van der Waals surface area contributed by atoms with Crippen molar-refractivity contribution in [2.75, 3.05) is 0 Å². The molecule has 0 aromatic heterocycles. The van der Waals surface area contributed by atoms with E-state index in [9.17, 15) is 0 Å². The van der Waals surface area contributed by atoms with E-state index in [1.807, 2.05) is 48.5 Å². The molecule has 23 heavy (non-hydrogen) atoms. The molecular formula is C19H20BNO2. The van der Waals surface area contributed by atoms with Crippen LogP contribution in [0.2, 0.25) is 0 Å². The summed E-state index contributed by atoms with van der Waals surface area (Å²) < 4.78 is 12.1. The molecule has 1 aliphatic heterocycles. The quantitative estimate of drug-likeness (QED) is 0.613. The van der Waals surface area contributed by atoms with Gasteiger partial charge in [-0.25, -0.2) is 4.85 Å². The topological polar surface area (TPSA) is 22.8 Å². The lowest BCUT2D eigenvalue weighted by Crippen LogP contribution is -2.41. The van der Waals surface area contributed by atoms with Crippen LogP contribution in [0.3, 0.4) is 0 Å². The average molecular weight is 305 g/mol. The molecule has 0 N–H and O–H groups in total. The van der Waals surface area contributed by atoms with Gasteiger partial charge in [0.25, 0.3) is 0 Å². The highest BCUT2D eigenvalue weighted by Gasteiger charge is 2.51. The van der Waals surface area contributed by atoms with Crippen LogP contribution in [-0.4, -0.2) is 18.3 Å². The second kappa shape index (κ2) is 5.52. The summed E-state index contributed by atoms with van der Waals surface area (Å²) in [4.78, 5) is 3.48. The van der Waals surface area contributed by atoms with Gasteiger partial charge in [-0.3, -0.25) is 0 Å². The standard InChI is InChI=1S/C19H20BNO2/c1-18(2)19(3,4)23-20(22-18)16-11-9-14(10-12-16)15-7-6-8-17(13-15)21-5/h6-13H,1-4H3.